The molecule has 0 unspecified atom stereocenters. The topological polar surface area (TPSA) is 51.0 Å². The van der Waals surface area contributed by atoms with Gasteiger partial charge in [0.05, 0.1) is 22.8 Å². The highest BCUT2D eigenvalue weighted by molar-refractivity contribution is 6.06. The number of likely N-dealkylation sites (N-methyl/N-ethyl adjacent to an activating group) is 1. The standard InChI is InChI=1S/C22H26N4O/c1-6-25(14-15(2)3)22(27)18-12-20(17-10-8-7-9-11-17)24-21-19(18)13-23-26(21)16(4)5/h7-13,16H,2,6,14H2,1,3-5H3. The number of hydrogen-bond donors (Lipinski definition) is 0. The Morgan fingerprint density at radius 2 is 1.96 bits per heavy atom. The molecule has 2 heterocycles. The molecular formula is C22H26N4O. The second-order valence-electron chi connectivity index (χ2n) is 7.12. The van der Waals surface area contributed by atoms with E-state index >= 15 is 0 Å². The smallest absolute Gasteiger partial charge is 0.255 e. The van der Waals surface area contributed by atoms with E-state index in [9.17, 15) is 4.79 Å². The van der Waals surface area contributed by atoms with Crippen molar-refractivity contribution in [2.24, 2.45) is 0 Å². The molecule has 2 aromatic heterocycles. The van der Waals surface area contributed by atoms with Crippen LogP contribution in [0.25, 0.3) is 22.3 Å². The SMILES string of the molecule is C=C(C)CN(CC)C(=O)c1cc(-c2ccccc2)nc2c1cnn2C(C)C. The summed E-state index contributed by atoms with van der Waals surface area (Å²) in [6.07, 6.45) is 1.75. The van der Waals surface area contributed by atoms with Gasteiger partial charge in [-0.3, -0.25) is 4.79 Å². The summed E-state index contributed by atoms with van der Waals surface area (Å²) in [5, 5.41) is 5.27. The lowest BCUT2D eigenvalue weighted by Gasteiger charge is -2.21. The van der Waals surface area contributed by atoms with Crippen molar-refractivity contribution in [2.75, 3.05) is 13.1 Å². The zero-order valence-electron chi connectivity index (χ0n) is 16.4. The van der Waals surface area contributed by atoms with Crippen LogP contribution >= 0.6 is 0 Å². The minimum absolute atomic E-state index is 0.0200. The molecule has 0 aliphatic heterocycles. The highest BCUT2D eigenvalue weighted by Crippen LogP contribution is 2.27. The van der Waals surface area contributed by atoms with Gasteiger partial charge in [-0.1, -0.05) is 42.5 Å². The molecule has 0 bridgehead atoms. The van der Waals surface area contributed by atoms with Gasteiger partial charge >= 0.3 is 0 Å². The van der Waals surface area contributed by atoms with Gasteiger partial charge in [-0.2, -0.15) is 5.10 Å². The fraction of sp³-hybridized carbons (Fsp3) is 0.318. The van der Waals surface area contributed by atoms with Crippen LogP contribution in [0.5, 0.6) is 0 Å². The maximum atomic E-state index is 13.3. The molecule has 0 saturated heterocycles. The zero-order valence-corrected chi connectivity index (χ0v) is 16.4. The Morgan fingerprint density at radius 3 is 2.56 bits per heavy atom. The predicted molar refractivity (Wildman–Crippen MR) is 110 cm³/mol. The van der Waals surface area contributed by atoms with Gasteiger partial charge in [0.15, 0.2) is 5.65 Å². The van der Waals surface area contributed by atoms with E-state index in [4.69, 9.17) is 4.98 Å². The first-order valence-electron chi connectivity index (χ1n) is 9.29. The number of aromatic nitrogens is 3. The number of pyridine rings is 1. The van der Waals surface area contributed by atoms with Crippen LogP contribution in [0.2, 0.25) is 0 Å². The van der Waals surface area contributed by atoms with E-state index in [-0.39, 0.29) is 11.9 Å². The van der Waals surface area contributed by atoms with Gasteiger partial charge in [0.2, 0.25) is 0 Å². The third-order valence-electron chi connectivity index (χ3n) is 4.49. The molecule has 27 heavy (non-hydrogen) atoms. The van der Waals surface area contributed by atoms with E-state index in [1.807, 2.05) is 54.9 Å². The molecule has 1 aromatic carbocycles. The van der Waals surface area contributed by atoms with E-state index < -0.39 is 0 Å². The molecule has 0 N–H and O–H groups in total. The van der Waals surface area contributed by atoms with Gasteiger partial charge in [0.1, 0.15) is 0 Å². The summed E-state index contributed by atoms with van der Waals surface area (Å²) in [7, 11) is 0. The molecule has 3 rings (SSSR count). The molecule has 0 aliphatic carbocycles. The molecule has 0 aliphatic rings. The average molecular weight is 362 g/mol. The molecule has 140 valence electrons. The molecule has 1 amide bonds. The first-order valence-corrected chi connectivity index (χ1v) is 9.29. The first-order chi connectivity index (χ1) is 12.9. The van der Waals surface area contributed by atoms with E-state index in [0.29, 0.717) is 18.7 Å². The van der Waals surface area contributed by atoms with Crippen molar-refractivity contribution in [1.29, 1.82) is 0 Å². The van der Waals surface area contributed by atoms with Crippen molar-refractivity contribution in [2.45, 2.75) is 33.7 Å². The molecule has 0 atom stereocenters. The third kappa shape index (κ3) is 3.77. The van der Waals surface area contributed by atoms with Crippen molar-refractivity contribution in [3.63, 3.8) is 0 Å². The van der Waals surface area contributed by atoms with E-state index in [1.54, 1.807) is 11.1 Å². The molecule has 0 saturated carbocycles. The molecule has 3 aromatic rings. The second kappa shape index (κ2) is 7.74. The van der Waals surface area contributed by atoms with E-state index in [0.717, 1.165) is 27.9 Å². The summed E-state index contributed by atoms with van der Waals surface area (Å²) in [6.45, 7) is 13.1. The molecule has 5 heteroatoms. The summed E-state index contributed by atoms with van der Waals surface area (Å²) < 4.78 is 1.87. The Labute approximate surface area is 160 Å². The van der Waals surface area contributed by atoms with Crippen molar-refractivity contribution in [3.8, 4) is 11.3 Å². The lowest BCUT2D eigenvalue weighted by Crippen LogP contribution is -2.32. The van der Waals surface area contributed by atoms with Crippen LogP contribution in [0.1, 0.15) is 44.1 Å². The maximum Gasteiger partial charge on any atom is 0.255 e. The monoisotopic (exact) mass is 362 g/mol. The van der Waals surface area contributed by atoms with Gasteiger partial charge in [-0.05, 0) is 33.8 Å². The highest BCUT2D eigenvalue weighted by atomic mass is 16.2. The fourth-order valence-corrected chi connectivity index (χ4v) is 3.15. The largest absolute Gasteiger partial charge is 0.335 e. The van der Waals surface area contributed by atoms with Gasteiger partial charge in [-0.15, -0.1) is 0 Å². The van der Waals surface area contributed by atoms with E-state index in [2.05, 4.69) is 25.5 Å². The lowest BCUT2D eigenvalue weighted by molar-refractivity contribution is 0.0780. The molecule has 0 spiro atoms. The van der Waals surface area contributed by atoms with Crippen molar-refractivity contribution >= 4 is 16.9 Å². The predicted octanol–water partition coefficient (Wildman–Crippen LogP) is 4.72. The number of carbonyl (C=O) groups is 1. The summed E-state index contributed by atoms with van der Waals surface area (Å²) in [6, 6.07) is 12.0. The Hall–Kier alpha value is -2.95. The van der Waals surface area contributed by atoms with Crippen LogP contribution in [0.3, 0.4) is 0 Å². The van der Waals surface area contributed by atoms with Crippen molar-refractivity contribution < 1.29 is 4.79 Å². The zero-order chi connectivity index (χ0) is 19.6. The number of amides is 1. The molecule has 0 fully saturated rings. The fourth-order valence-electron chi connectivity index (χ4n) is 3.15. The van der Waals surface area contributed by atoms with Crippen LogP contribution in [0.4, 0.5) is 0 Å². The lowest BCUT2D eigenvalue weighted by atomic mass is 10.1. The van der Waals surface area contributed by atoms with Gasteiger partial charge in [-0.25, -0.2) is 9.67 Å². The highest BCUT2D eigenvalue weighted by Gasteiger charge is 2.22. The minimum Gasteiger partial charge on any atom is -0.335 e. The number of hydrogen-bond acceptors (Lipinski definition) is 3. The third-order valence-corrected chi connectivity index (χ3v) is 4.49. The molecule has 0 radical (unpaired) electrons. The Morgan fingerprint density at radius 1 is 1.26 bits per heavy atom. The Balaban J connectivity index is 2.21. The number of rotatable bonds is 6. The van der Waals surface area contributed by atoms with Crippen LogP contribution in [0, 0.1) is 0 Å². The maximum absolute atomic E-state index is 13.3. The Bertz CT molecular complexity index is 973. The number of fused-ring (bicyclic) bond motifs is 1. The summed E-state index contributed by atoms with van der Waals surface area (Å²) in [5.74, 6) is -0.0200. The van der Waals surface area contributed by atoms with Gasteiger partial charge < -0.3 is 4.90 Å². The van der Waals surface area contributed by atoms with Crippen molar-refractivity contribution in [1.82, 2.24) is 19.7 Å². The van der Waals surface area contributed by atoms with Gasteiger partial charge in [0.25, 0.3) is 5.91 Å². The normalized spacial score (nSPS) is 11.1. The minimum atomic E-state index is -0.0200. The molecular weight excluding hydrogens is 336 g/mol. The van der Waals surface area contributed by atoms with Crippen molar-refractivity contribution in [3.05, 3.63) is 60.3 Å². The van der Waals surface area contributed by atoms with Gasteiger partial charge in [0, 0.05) is 24.7 Å². The van der Waals surface area contributed by atoms with E-state index in [1.165, 1.54) is 0 Å². The van der Waals surface area contributed by atoms with Crippen LogP contribution < -0.4 is 0 Å². The van der Waals surface area contributed by atoms with Crippen LogP contribution in [-0.2, 0) is 0 Å². The quantitative estimate of drug-likeness (QED) is 0.596. The van der Waals surface area contributed by atoms with Crippen LogP contribution in [-0.4, -0.2) is 38.7 Å². The summed E-state index contributed by atoms with van der Waals surface area (Å²) in [4.78, 5) is 19.9. The number of benzene rings is 1. The van der Waals surface area contributed by atoms with Crippen LogP contribution in [0.15, 0.2) is 54.7 Å². The summed E-state index contributed by atoms with van der Waals surface area (Å²) >= 11 is 0. The number of nitrogens with zero attached hydrogens (tertiary/aromatic N) is 4. The molecule has 5 nitrogen and oxygen atoms in total. The first kappa shape index (κ1) is 18.8. The summed E-state index contributed by atoms with van der Waals surface area (Å²) in [5.41, 5.74) is 4.08. The average Bonchev–Trinajstić information content (AvgIpc) is 3.09. The Kier molecular flexibility index (Phi) is 5.40. The number of carbonyl (C=O) groups excluding carboxylic acids is 1. The second-order valence-corrected chi connectivity index (χ2v) is 7.12.